The Bertz CT molecular complexity index is 938. The first-order chi connectivity index (χ1) is 13.7. The highest BCUT2D eigenvalue weighted by molar-refractivity contribution is 5.79. The van der Waals surface area contributed by atoms with E-state index in [1.54, 1.807) is 12.4 Å². The molecular formula is C21H26N6O. The number of hydrogen-bond donors (Lipinski definition) is 1. The van der Waals surface area contributed by atoms with E-state index < -0.39 is 0 Å². The molecule has 1 aromatic carbocycles. The summed E-state index contributed by atoms with van der Waals surface area (Å²) in [4.78, 5) is 28.0. The van der Waals surface area contributed by atoms with Crippen molar-refractivity contribution >= 4 is 22.9 Å². The average molecular weight is 378 g/mol. The summed E-state index contributed by atoms with van der Waals surface area (Å²) in [6.07, 6.45) is 7.11. The normalized spacial score (nSPS) is 17.0. The molecule has 1 N–H and O–H groups in total. The van der Waals surface area contributed by atoms with Crippen LogP contribution in [-0.4, -0.2) is 45.1 Å². The molecule has 1 saturated heterocycles. The van der Waals surface area contributed by atoms with E-state index in [-0.39, 0.29) is 11.8 Å². The Hall–Kier alpha value is -2.96. The van der Waals surface area contributed by atoms with Gasteiger partial charge in [-0.2, -0.15) is 0 Å². The van der Waals surface area contributed by atoms with Crippen molar-refractivity contribution in [2.45, 2.75) is 25.7 Å². The number of nitrogens with one attached hydrogen (secondary N) is 1. The third kappa shape index (κ3) is 3.98. The van der Waals surface area contributed by atoms with Gasteiger partial charge in [0.15, 0.2) is 0 Å². The molecule has 7 heteroatoms. The molecule has 3 heterocycles. The number of fused-ring (bicyclic) bond motifs is 1. The van der Waals surface area contributed by atoms with E-state index in [2.05, 4.69) is 30.8 Å². The zero-order valence-corrected chi connectivity index (χ0v) is 16.2. The van der Waals surface area contributed by atoms with Crippen LogP contribution < -0.4 is 10.2 Å². The van der Waals surface area contributed by atoms with E-state index >= 15 is 0 Å². The third-order valence-electron chi connectivity index (χ3n) is 5.38. The number of carbonyl (C=O) groups is 1. The van der Waals surface area contributed by atoms with Gasteiger partial charge in [-0.1, -0.05) is 12.1 Å². The van der Waals surface area contributed by atoms with Crippen molar-refractivity contribution < 1.29 is 4.79 Å². The highest BCUT2D eigenvalue weighted by Gasteiger charge is 2.26. The second-order valence-corrected chi connectivity index (χ2v) is 7.30. The van der Waals surface area contributed by atoms with E-state index in [1.807, 2.05) is 31.3 Å². The first-order valence-electron chi connectivity index (χ1n) is 9.92. The minimum Gasteiger partial charge on any atom is -0.356 e. The maximum absolute atomic E-state index is 12.6. The minimum absolute atomic E-state index is 0.00620. The molecule has 7 nitrogen and oxygen atoms in total. The summed E-state index contributed by atoms with van der Waals surface area (Å²) >= 11 is 0. The molecule has 1 unspecified atom stereocenters. The average Bonchev–Trinajstić information content (AvgIpc) is 3.07. The second-order valence-electron chi connectivity index (χ2n) is 7.30. The number of aromatic nitrogens is 4. The van der Waals surface area contributed by atoms with Crippen molar-refractivity contribution in [2.24, 2.45) is 13.0 Å². The van der Waals surface area contributed by atoms with Crippen LogP contribution in [0.25, 0.3) is 11.0 Å². The summed E-state index contributed by atoms with van der Waals surface area (Å²) in [6, 6.07) is 9.96. The standard InChI is InChI=1S/C21H26N6O/c1-26-18-9-3-2-8-17(18)25-19(26)10-4-11-22-20(28)16-7-5-14-27(15-16)21-23-12-6-13-24-21/h2-3,6,8-9,12-13,16H,4-5,7,10-11,14-15H2,1H3,(H,22,28). The number of hydrogen-bond acceptors (Lipinski definition) is 5. The summed E-state index contributed by atoms with van der Waals surface area (Å²) in [6.45, 7) is 2.25. The summed E-state index contributed by atoms with van der Waals surface area (Å²) in [5.41, 5.74) is 2.17. The number of nitrogens with zero attached hydrogens (tertiary/aromatic N) is 5. The van der Waals surface area contributed by atoms with Crippen LogP contribution in [0, 0.1) is 5.92 Å². The predicted molar refractivity (Wildman–Crippen MR) is 109 cm³/mol. The van der Waals surface area contributed by atoms with Crippen LogP contribution in [0.3, 0.4) is 0 Å². The van der Waals surface area contributed by atoms with E-state index in [0.29, 0.717) is 19.0 Å². The van der Waals surface area contributed by atoms with Gasteiger partial charge in [0.05, 0.1) is 17.0 Å². The molecule has 4 rings (SSSR count). The van der Waals surface area contributed by atoms with Crippen LogP contribution in [0.1, 0.15) is 25.1 Å². The quantitative estimate of drug-likeness (QED) is 0.666. The fraction of sp³-hybridized carbons (Fsp3) is 0.429. The van der Waals surface area contributed by atoms with Crippen LogP contribution in [-0.2, 0) is 18.3 Å². The Kier molecular flexibility index (Phi) is 5.50. The van der Waals surface area contributed by atoms with Crippen LogP contribution in [0.5, 0.6) is 0 Å². The minimum atomic E-state index is -0.00620. The Morgan fingerprint density at radius 1 is 1.21 bits per heavy atom. The Morgan fingerprint density at radius 3 is 2.86 bits per heavy atom. The smallest absolute Gasteiger partial charge is 0.225 e. The Morgan fingerprint density at radius 2 is 2.04 bits per heavy atom. The molecule has 0 saturated carbocycles. The fourth-order valence-corrected chi connectivity index (χ4v) is 3.85. The van der Waals surface area contributed by atoms with Gasteiger partial charge in [0.1, 0.15) is 5.82 Å². The zero-order valence-electron chi connectivity index (χ0n) is 16.2. The lowest BCUT2D eigenvalue weighted by atomic mass is 9.97. The highest BCUT2D eigenvalue weighted by Crippen LogP contribution is 2.20. The van der Waals surface area contributed by atoms with Gasteiger partial charge in [0.25, 0.3) is 0 Å². The van der Waals surface area contributed by atoms with Crippen molar-refractivity contribution in [1.82, 2.24) is 24.8 Å². The number of anilines is 1. The van der Waals surface area contributed by atoms with Gasteiger partial charge in [-0.05, 0) is 37.5 Å². The predicted octanol–water partition coefficient (Wildman–Crippen LogP) is 2.33. The number of rotatable bonds is 6. The molecule has 0 bridgehead atoms. The van der Waals surface area contributed by atoms with Gasteiger partial charge >= 0.3 is 0 Å². The lowest BCUT2D eigenvalue weighted by Crippen LogP contribution is -2.44. The van der Waals surface area contributed by atoms with Gasteiger partial charge < -0.3 is 14.8 Å². The Balaban J connectivity index is 1.26. The number of aryl methyl sites for hydroxylation is 2. The van der Waals surface area contributed by atoms with E-state index in [1.165, 1.54) is 0 Å². The van der Waals surface area contributed by atoms with Crippen molar-refractivity contribution in [3.05, 3.63) is 48.5 Å². The Labute approximate surface area is 164 Å². The summed E-state index contributed by atoms with van der Waals surface area (Å²) in [5, 5.41) is 3.10. The number of para-hydroxylation sites is 2. The van der Waals surface area contributed by atoms with Crippen molar-refractivity contribution in [2.75, 3.05) is 24.5 Å². The molecular weight excluding hydrogens is 352 g/mol. The largest absolute Gasteiger partial charge is 0.356 e. The summed E-state index contributed by atoms with van der Waals surface area (Å²) in [5.74, 6) is 1.89. The molecule has 1 fully saturated rings. The molecule has 1 aliphatic heterocycles. The first kappa shape index (κ1) is 18.4. The van der Waals surface area contributed by atoms with E-state index in [0.717, 1.165) is 49.1 Å². The maximum Gasteiger partial charge on any atom is 0.225 e. The molecule has 0 aliphatic carbocycles. The molecule has 146 valence electrons. The van der Waals surface area contributed by atoms with Gasteiger partial charge in [-0.3, -0.25) is 4.79 Å². The monoisotopic (exact) mass is 378 g/mol. The lowest BCUT2D eigenvalue weighted by molar-refractivity contribution is -0.125. The van der Waals surface area contributed by atoms with Gasteiger partial charge in [0, 0.05) is 45.5 Å². The molecule has 0 spiro atoms. The van der Waals surface area contributed by atoms with Crippen LogP contribution >= 0.6 is 0 Å². The number of imidazole rings is 1. The van der Waals surface area contributed by atoms with Crippen LogP contribution in [0.2, 0.25) is 0 Å². The second kappa shape index (κ2) is 8.37. The number of amides is 1. The number of carbonyl (C=O) groups excluding carboxylic acids is 1. The van der Waals surface area contributed by atoms with Gasteiger partial charge in [-0.25, -0.2) is 15.0 Å². The molecule has 1 amide bonds. The molecule has 3 aromatic rings. The summed E-state index contributed by atoms with van der Waals surface area (Å²) in [7, 11) is 2.05. The zero-order chi connectivity index (χ0) is 19.3. The van der Waals surface area contributed by atoms with Gasteiger partial charge in [0.2, 0.25) is 11.9 Å². The fourth-order valence-electron chi connectivity index (χ4n) is 3.85. The van der Waals surface area contributed by atoms with Gasteiger partial charge in [-0.15, -0.1) is 0 Å². The molecule has 0 radical (unpaired) electrons. The maximum atomic E-state index is 12.6. The van der Waals surface area contributed by atoms with E-state index in [4.69, 9.17) is 4.98 Å². The molecule has 1 aliphatic rings. The van der Waals surface area contributed by atoms with Crippen molar-refractivity contribution in [3.8, 4) is 0 Å². The topological polar surface area (TPSA) is 75.9 Å². The third-order valence-corrected chi connectivity index (χ3v) is 5.38. The van der Waals surface area contributed by atoms with Crippen LogP contribution in [0.15, 0.2) is 42.7 Å². The molecule has 28 heavy (non-hydrogen) atoms. The van der Waals surface area contributed by atoms with Crippen molar-refractivity contribution in [1.29, 1.82) is 0 Å². The van der Waals surface area contributed by atoms with Crippen molar-refractivity contribution in [3.63, 3.8) is 0 Å². The van der Waals surface area contributed by atoms with Crippen LogP contribution in [0.4, 0.5) is 5.95 Å². The van der Waals surface area contributed by atoms with E-state index in [9.17, 15) is 4.79 Å². The summed E-state index contributed by atoms with van der Waals surface area (Å²) < 4.78 is 2.13. The highest BCUT2D eigenvalue weighted by atomic mass is 16.1. The molecule has 2 aromatic heterocycles. The SMILES string of the molecule is Cn1c(CCCNC(=O)C2CCCN(c3ncccn3)C2)nc2ccccc21. The molecule has 1 atom stereocenters. The first-order valence-corrected chi connectivity index (χ1v) is 9.92. The number of benzene rings is 1. The lowest BCUT2D eigenvalue weighted by Gasteiger charge is -2.31. The number of piperidine rings is 1.